The van der Waals surface area contributed by atoms with Crippen LogP contribution in [0.3, 0.4) is 0 Å². The van der Waals surface area contributed by atoms with Crippen LogP contribution in [0.2, 0.25) is 0 Å². The minimum Gasteiger partial charge on any atom is -0.497 e. The van der Waals surface area contributed by atoms with Gasteiger partial charge in [0, 0.05) is 29.8 Å². The highest BCUT2D eigenvalue weighted by Crippen LogP contribution is 2.46. The number of fused-ring (bicyclic) bond motifs is 1. The first-order valence-corrected chi connectivity index (χ1v) is 15.6. The van der Waals surface area contributed by atoms with Crippen LogP contribution in [0.5, 0.6) is 11.6 Å². The lowest BCUT2D eigenvalue weighted by atomic mass is 10.1. The SMILES string of the molecule is C=C[C@@H]1C[C@]1(NC(=O)[C@@H]1C[C@@H](Oc2nc(-c3ccc(OC)cc3)cc3ccccc23)CN1)C(=O)CS(=O)(=O)C1CC1. The van der Waals surface area contributed by atoms with Crippen LogP contribution in [0, 0.1) is 5.92 Å². The van der Waals surface area contributed by atoms with Gasteiger partial charge >= 0.3 is 0 Å². The zero-order chi connectivity index (χ0) is 28.8. The third kappa shape index (κ3) is 5.46. The molecule has 3 aliphatic rings. The molecule has 0 radical (unpaired) electrons. The smallest absolute Gasteiger partial charge is 0.238 e. The average Bonchev–Trinajstić information content (AvgIpc) is 3.90. The third-order valence-corrected chi connectivity index (χ3v) is 10.4. The molecule has 2 saturated carbocycles. The maximum atomic E-state index is 13.3. The Morgan fingerprint density at radius 1 is 1.17 bits per heavy atom. The number of hydrogen-bond acceptors (Lipinski definition) is 8. The van der Waals surface area contributed by atoms with Crippen LogP contribution in [0.25, 0.3) is 22.0 Å². The lowest BCUT2D eigenvalue weighted by Gasteiger charge is -2.20. The summed E-state index contributed by atoms with van der Waals surface area (Å²) < 4.78 is 36.6. The van der Waals surface area contributed by atoms with Crippen molar-refractivity contribution < 1.29 is 27.5 Å². The maximum absolute atomic E-state index is 13.3. The highest BCUT2D eigenvalue weighted by atomic mass is 32.2. The van der Waals surface area contributed by atoms with Gasteiger partial charge in [-0.05, 0) is 61.0 Å². The molecule has 1 saturated heterocycles. The average molecular weight is 576 g/mol. The van der Waals surface area contributed by atoms with Gasteiger partial charge in [-0.25, -0.2) is 13.4 Å². The van der Waals surface area contributed by atoms with E-state index in [1.54, 1.807) is 13.2 Å². The van der Waals surface area contributed by atoms with Crippen LogP contribution in [0.4, 0.5) is 0 Å². The summed E-state index contributed by atoms with van der Waals surface area (Å²) in [5, 5.41) is 7.50. The number of aromatic nitrogens is 1. The molecule has 0 bridgehead atoms. The number of nitrogens with one attached hydrogen (secondary N) is 2. The second-order valence-electron chi connectivity index (χ2n) is 11.1. The summed E-state index contributed by atoms with van der Waals surface area (Å²) in [7, 11) is -1.87. The minimum atomic E-state index is -3.49. The fraction of sp³-hybridized carbons (Fsp3) is 0.387. The number of ether oxygens (including phenoxy) is 2. The monoisotopic (exact) mass is 575 g/mol. The number of ketones is 1. The van der Waals surface area contributed by atoms with E-state index in [9.17, 15) is 18.0 Å². The summed E-state index contributed by atoms with van der Waals surface area (Å²) in [5.74, 6) is -0.395. The summed E-state index contributed by atoms with van der Waals surface area (Å²) in [6.45, 7) is 4.19. The molecule has 0 unspecified atom stereocenters. The van der Waals surface area contributed by atoms with Crippen LogP contribution in [0.15, 0.2) is 67.3 Å². The van der Waals surface area contributed by atoms with Crippen molar-refractivity contribution in [2.75, 3.05) is 19.4 Å². The lowest BCUT2D eigenvalue weighted by molar-refractivity contribution is -0.129. The quantitative estimate of drug-likeness (QED) is 0.334. The van der Waals surface area contributed by atoms with Crippen molar-refractivity contribution in [1.82, 2.24) is 15.6 Å². The summed E-state index contributed by atoms with van der Waals surface area (Å²) in [4.78, 5) is 31.2. The first-order chi connectivity index (χ1) is 19.7. The zero-order valence-corrected chi connectivity index (χ0v) is 23.7. The van der Waals surface area contributed by atoms with Crippen LogP contribution in [-0.2, 0) is 19.4 Å². The number of nitrogens with zero attached hydrogens (tertiary/aromatic N) is 1. The molecule has 1 aromatic heterocycles. The number of hydrogen-bond donors (Lipinski definition) is 2. The number of benzene rings is 2. The van der Waals surface area contributed by atoms with Crippen molar-refractivity contribution in [2.24, 2.45) is 5.92 Å². The molecule has 2 aliphatic carbocycles. The molecule has 3 aromatic rings. The summed E-state index contributed by atoms with van der Waals surface area (Å²) in [5.41, 5.74) is 0.474. The van der Waals surface area contributed by atoms with E-state index < -0.39 is 38.2 Å². The molecule has 10 heteroatoms. The van der Waals surface area contributed by atoms with E-state index in [1.807, 2.05) is 54.6 Å². The van der Waals surface area contributed by atoms with E-state index in [1.165, 1.54) is 0 Å². The fourth-order valence-electron chi connectivity index (χ4n) is 5.59. The van der Waals surface area contributed by atoms with Crippen molar-refractivity contribution in [3.8, 4) is 22.9 Å². The highest BCUT2D eigenvalue weighted by Gasteiger charge is 2.60. The standard InChI is InChI=1S/C31H33N3O6S/c1-3-21-16-31(21,28(35)18-41(37,38)24-12-13-24)34-29(36)27-15-23(17-32-27)40-30-25-7-5-4-6-20(25)14-26(33-30)19-8-10-22(39-2)11-9-19/h3-11,14,21,23-24,27,32H,1,12-13,15-18H2,2H3,(H,34,36)/t21-,23-,27+,31-/m1/s1. The number of carbonyl (C=O) groups excluding carboxylic acids is 2. The van der Waals surface area contributed by atoms with Gasteiger partial charge in [-0.2, -0.15) is 0 Å². The Kier molecular flexibility index (Phi) is 7.07. The molecule has 1 aliphatic heterocycles. The minimum absolute atomic E-state index is 0.280. The van der Waals surface area contributed by atoms with Gasteiger partial charge in [0.15, 0.2) is 15.6 Å². The van der Waals surface area contributed by atoms with Crippen molar-refractivity contribution in [2.45, 2.75) is 48.6 Å². The lowest BCUT2D eigenvalue weighted by Crippen LogP contribution is -2.52. The second kappa shape index (κ2) is 10.6. The van der Waals surface area contributed by atoms with E-state index >= 15 is 0 Å². The van der Waals surface area contributed by atoms with Gasteiger partial charge < -0.3 is 20.1 Å². The molecular formula is C31H33N3O6S. The third-order valence-electron chi connectivity index (χ3n) is 8.28. The predicted octanol–water partition coefficient (Wildman–Crippen LogP) is 3.23. The number of amides is 1. The number of Topliss-reactive ketones (excluding diaryl/α,β-unsaturated/α-hetero) is 1. The van der Waals surface area contributed by atoms with Gasteiger partial charge in [-0.15, -0.1) is 6.58 Å². The van der Waals surface area contributed by atoms with Crippen LogP contribution >= 0.6 is 0 Å². The molecular weight excluding hydrogens is 542 g/mol. The largest absolute Gasteiger partial charge is 0.497 e. The van der Waals surface area contributed by atoms with E-state index in [0.717, 1.165) is 27.8 Å². The number of sulfone groups is 1. The summed E-state index contributed by atoms with van der Waals surface area (Å²) in [6.07, 6.45) is 3.22. The molecule has 4 atom stereocenters. The molecule has 1 amide bonds. The fourth-order valence-corrected chi connectivity index (χ4v) is 7.30. The van der Waals surface area contributed by atoms with Crippen molar-refractivity contribution >= 4 is 32.3 Å². The van der Waals surface area contributed by atoms with E-state index in [-0.39, 0.29) is 17.9 Å². The molecule has 9 nitrogen and oxygen atoms in total. The van der Waals surface area contributed by atoms with Crippen LogP contribution in [0.1, 0.15) is 25.7 Å². The van der Waals surface area contributed by atoms with E-state index in [4.69, 9.17) is 14.5 Å². The summed E-state index contributed by atoms with van der Waals surface area (Å²) in [6, 6.07) is 16.9. The molecule has 214 valence electrons. The molecule has 2 aromatic carbocycles. The first-order valence-electron chi connectivity index (χ1n) is 13.9. The normalized spacial score (nSPS) is 25.4. The number of pyridine rings is 1. The van der Waals surface area contributed by atoms with Gasteiger partial charge in [-0.3, -0.25) is 9.59 Å². The Hall–Kier alpha value is -3.76. The Balaban J connectivity index is 1.16. The van der Waals surface area contributed by atoms with Crippen molar-refractivity contribution in [1.29, 1.82) is 0 Å². The topological polar surface area (TPSA) is 124 Å². The first kappa shape index (κ1) is 27.4. The maximum Gasteiger partial charge on any atom is 0.238 e. The Morgan fingerprint density at radius 3 is 2.61 bits per heavy atom. The van der Waals surface area contributed by atoms with E-state index in [0.29, 0.717) is 38.1 Å². The molecule has 41 heavy (non-hydrogen) atoms. The molecule has 3 fully saturated rings. The van der Waals surface area contributed by atoms with Crippen LogP contribution < -0.4 is 20.1 Å². The molecule has 2 heterocycles. The summed E-state index contributed by atoms with van der Waals surface area (Å²) >= 11 is 0. The van der Waals surface area contributed by atoms with Gasteiger partial charge in [0.1, 0.15) is 23.1 Å². The number of methoxy groups -OCH3 is 1. The van der Waals surface area contributed by atoms with Gasteiger partial charge in [0.2, 0.25) is 11.8 Å². The number of carbonyl (C=O) groups is 2. The van der Waals surface area contributed by atoms with Gasteiger partial charge in [0.05, 0.1) is 24.1 Å². The zero-order valence-electron chi connectivity index (χ0n) is 22.8. The van der Waals surface area contributed by atoms with Gasteiger partial charge in [0.25, 0.3) is 0 Å². The van der Waals surface area contributed by atoms with Crippen LogP contribution in [-0.4, -0.2) is 67.4 Å². The molecule has 2 N–H and O–H groups in total. The Labute approximate surface area is 239 Å². The predicted molar refractivity (Wildman–Crippen MR) is 156 cm³/mol. The number of rotatable bonds is 11. The molecule has 0 spiro atoms. The second-order valence-corrected chi connectivity index (χ2v) is 13.4. The van der Waals surface area contributed by atoms with Gasteiger partial charge in [-0.1, -0.05) is 24.3 Å². The molecule has 6 rings (SSSR count). The Bertz CT molecular complexity index is 1620. The highest BCUT2D eigenvalue weighted by molar-refractivity contribution is 7.93. The Morgan fingerprint density at radius 2 is 1.93 bits per heavy atom. The van der Waals surface area contributed by atoms with E-state index in [2.05, 4.69) is 17.2 Å². The van der Waals surface area contributed by atoms with Crippen molar-refractivity contribution in [3.05, 3.63) is 67.3 Å². The van der Waals surface area contributed by atoms with Crippen molar-refractivity contribution in [3.63, 3.8) is 0 Å².